The number of anilines is 1. The number of aromatic nitrogens is 2. The first kappa shape index (κ1) is 17.4. The Morgan fingerprint density at radius 3 is 2.54 bits per heavy atom. The van der Waals surface area contributed by atoms with Gasteiger partial charge in [0.15, 0.2) is 5.95 Å². The summed E-state index contributed by atoms with van der Waals surface area (Å²) in [7, 11) is 0. The van der Waals surface area contributed by atoms with Crippen molar-refractivity contribution in [1.82, 2.24) is 5.27 Å². The maximum Gasteiger partial charge on any atom is 0.298 e. The second-order valence-corrected chi connectivity index (χ2v) is 6.02. The number of rotatable bonds is 6. The number of thioether (sulfide) groups is 1. The molecule has 0 saturated heterocycles. The maximum atomic E-state index is 12.1. The number of carbonyl (C=O) groups excluding carboxylic acids is 1. The lowest BCUT2D eigenvalue weighted by molar-refractivity contribution is -0.705. The third kappa shape index (κ3) is 3.98. The van der Waals surface area contributed by atoms with Crippen LogP contribution in [-0.2, 0) is 4.79 Å². The highest BCUT2D eigenvalue weighted by Gasteiger charge is 2.22. The molecule has 0 spiro atoms. The van der Waals surface area contributed by atoms with Crippen molar-refractivity contribution in [3.63, 3.8) is 0 Å². The number of benzene rings is 2. The summed E-state index contributed by atoms with van der Waals surface area (Å²) in [6, 6.07) is 14.4. The van der Waals surface area contributed by atoms with Gasteiger partial charge in [-0.2, -0.15) is 0 Å². The van der Waals surface area contributed by atoms with Crippen molar-refractivity contribution in [2.45, 2.75) is 5.03 Å². The van der Waals surface area contributed by atoms with Crippen LogP contribution in [0.5, 0.6) is 5.95 Å². The van der Waals surface area contributed by atoms with Crippen molar-refractivity contribution in [3.8, 4) is 11.6 Å². The minimum atomic E-state index is -0.637. The van der Waals surface area contributed by atoms with Crippen LogP contribution in [0.2, 0.25) is 0 Å². The summed E-state index contributed by atoms with van der Waals surface area (Å²) in [5, 5.41) is 28.9. The predicted molar refractivity (Wildman–Crippen MR) is 89.9 cm³/mol. The van der Waals surface area contributed by atoms with E-state index < -0.39 is 10.9 Å². The van der Waals surface area contributed by atoms with Gasteiger partial charge in [0.2, 0.25) is 11.6 Å². The fourth-order valence-corrected chi connectivity index (χ4v) is 2.85. The van der Waals surface area contributed by atoms with Crippen LogP contribution in [-0.4, -0.2) is 21.9 Å². The summed E-state index contributed by atoms with van der Waals surface area (Å²) in [4.78, 5) is 22.2. The molecule has 0 unspecified atom stereocenters. The van der Waals surface area contributed by atoms with Gasteiger partial charge in [-0.3, -0.25) is 14.9 Å². The smallest absolute Gasteiger partial charge is 0.298 e. The van der Waals surface area contributed by atoms with Crippen LogP contribution in [0, 0.1) is 10.1 Å². The van der Waals surface area contributed by atoms with Gasteiger partial charge in [0.1, 0.15) is 0 Å². The number of carbonyl (C=O) groups is 1. The third-order valence-corrected chi connectivity index (χ3v) is 4.29. The van der Waals surface area contributed by atoms with Crippen LogP contribution in [0.1, 0.15) is 0 Å². The molecule has 9 nitrogen and oxygen atoms in total. The summed E-state index contributed by atoms with van der Waals surface area (Å²) >= 11 is 0.985. The molecule has 1 amide bonds. The minimum absolute atomic E-state index is 0.0553. The van der Waals surface area contributed by atoms with Crippen molar-refractivity contribution in [2.75, 3.05) is 11.1 Å². The fraction of sp³-hybridized carbons (Fsp3) is 0.0625. The van der Waals surface area contributed by atoms with E-state index in [0.717, 1.165) is 11.8 Å². The standard InChI is InChI=1S/C16H12N4O5S/c21-14(17-11-6-8-13(9-7-11)20(23)24)10-26-15-16(22)25-18-19(15)12-4-2-1-3-5-12/h1-9H,10H2,(H-,17,18,21,22). The van der Waals surface area contributed by atoms with E-state index in [4.69, 9.17) is 0 Å². The summed E-state index contributed by atoms with van der Waals surface area (Å²) in [6.07, 6.45) is 0. The Morgan fingerprint density at radius 1 is 1.19 bits per heavy atom. The van der Waals surface area contributed by atoms with Crippen LogP contribution in [0.3, 0.4) is 0 Å². The van der Waals surface area contributed by atoms with Crippen molar-refractivity contribution in [1.29, 1.82) is 0 Å². The molecule has 1 aromatic heterocycles. The second-order valence-electron chi connectivity index (χ2n) is 5.05. The fourth-order valence-electron chi connectivity index (χ4n) is 2.09. The van der Waals surface area contributed by atoms with E-state index >= 15 is 0 Å². The maximum absolute atomic E-state index is 12.1. The molecule has 0 radical (unpaired) electrons. The van der Waals surface area contributed by atoms with Gasteiger partial charge in [-0.25, -0.2) is 0 Å². The SMILES string of the molecule is O=C(CSc1c([O-])on[n+]1-c1ccccc1)Nc1ccc([N+](=O)[O-])cc1. The van der Waals surface area contributed by atoms with E-state index in [-0.39, 0.29) is 22.4 Å². The average molecular weight is 372 g/mol. The van der Waals surface area contributed by atoms with Gasteiger partial charge in [-0.1, -0.05) is 18.2 Å². The number of non-ortho nitro benzene ring substituents is 1. The molecule has 0 aliphatic rings. The van der Waals surface area contributed by atoms with E-state index in [1.54, 1.807) is 24.3 Å². The molecule has 3 aromatic rings. The highest BCUT2D eigenvalue weighted by atomic mass is 32.2. The van der Waals surface area contributed by atoms with Gasteiger partial charge < -0.3 is 14.9 Å². The third-order valence-electron chi connectivity index (χ3n) is 3.28. The molecule has 1 N–H and O–H groups in total. The quantitative estimate of drug-likeness (QED) is 0.302. The Kier molecular flexibility index (Phi) is 5.13. The summed E-state index contributed by atoms with van der Waals surface area (Å²) in [5.41, 5.74) is 0.989. The van der Waals surface area contributed by atoms with Gasteiger partial charge in [0.25, 0.3) is 10.7 Å². The van der Waals surface area contributed by atoms with E-state index in [1.807, 2.05) is 6.07 Å². The Morgan fingerprint density at radius 2 is 1.88 bits per heavy atom. The largest absolute Gasteiger partial charge is 0.538 e. The Labute approximate surface area is 151 Å². The number of para-hydroxylation sites is 1. The van der Waals surface area contributed by atoms with Crippen LogP contribution in [0.25, 0.3) is 5.69 Å². The highest BCUT2D eigenvalue weighted by molar-refractivity contribution is 7.99. The van der Waals surface area contributed by atoms with E-state index in [0.29, 0.717) is 11.4 Å². The number of nitro benzene ring substituents is 1. The zero-order chi connectivity index (χ0) is 18.5. The number of amides is 1. The molecule has 10 heteroatoms. The summed E-state index contributed by atoms with van der Waals surface area (Å²) in [5.74, 6) is -1.06. The van der Waals surface area contributed by atoms with Crippen molar-refractivity contribution >= 4 is 29.0 Å². The van der Waals surface area contributed by atoms with Gasteiger partial charge in [-0.05, 0) is 28.6 Å². The number of nitrogens with zero attached hydrogens (tertiary/aromatic N) is 3. The molecular formula is C16H12N4O5S. The first-order valence-corrected chi connectivity index (χ1v) is 8.34. The molecule has 0 saturated carbocycles. The lowest BCUT2D eigenvalue weighted by Crippen LogP contribution is -2.35. The molecule has 3 rings (SSSR count). The van der Waals surface area contributed by atoms with Crippen LogP contribution < -0.4 is 15.1 Å². The van der Waals surface area contributed by atoms with Crippen LogP contribution in [0.15, 0.2) is 64.1 Å². The zero-order valence-electron chi connectivity index (χ0n) is 13.2. The van der Waals surface area contributed by atoms with E-state index in [1.165, 1.54) is 28.9 Å². The molecule has 0 fully saturated rings. The van der Waals surface area contributed by atoms with Crippen molar-refractivity contribution in [2.24, 2.45) is 0 Å². The Hall–Kier alpha value is -3.40. The van der Waals surface area contributed by atoms with Gasteiger partial charge in [0, 0.05) is 30.0 Å². The molecule has 0 aliphatic heterocycles. The van der Waals surface area contributed by atoms with Gasteiger partial charge in [-0.15, -0.1) is 0 Å². The van der Waals surface area contributed by atoms with Crippen LogP contribution in [0.4, 0.5) is 11.4 Å². The van der Waals surface area contributed by atoms with E-state index in [9.17, 15) is 20.0 Å². The highest BCUT2D eigenvalue weighted by Crippen LogP contribution is 2.23. The molecule has 0 bridgehead atoms. The first-order valence-electron chi connectivity index (χ1n) is 7.36. The number of hydrogen-bond donors (Lipinski definition) is 1. The second kappa shape index (κ2) is 7.66. The number of hydrogen-bond acceptors (Lipinski definition) is 7. The normalized spacial score (nSPS) is 10.5. The van der Waals surface area contributed by atoms with Crippen LogP contribution >= 0.6 is 11.8 Å². The molecule has 132 valence electrons. The number of nitrogens with one attached hydrogen (secondary N) is 1. The summed E-state index contributed by atoms with van der Waals surface area (Å²) in [6.45, 7) is 0. The zero-order valence-corrected chi connectivity index (χ0v) is 14.0. The van der Waals surface area contributed by atoms with Crippen molar-refractivity contribution < 1.29 is 24.0 Å². The molecule has 0 aliphatic carbocycles. The Bertz CT molecular complexity index is 928. The predicted octanol–water partition coefficient (Wildman–Crippen LogP) is 1.66. The summed E-state index contributed by atoms with van der Waals surface area (Å²) < 4.78 is 6.00. The first-order chi connectivity index (χ1) is 12.5. The number of nitro groups is 1. The monoisotopic (exact) mass is 372 g/mol. The topological polar surface area (TPSA) is 125 Å². The average Bonchev–Trinajstić information content (AvgIpc) is 3.02. The molecule has 0 atom stereocenters. The molecule has 2 aromatic carbocycles. The minimum Gasteiger partial charge on any atom is -0.538 e. The molecule has 26 heavy (non-hydrogen) atoms. The Balaban J connectivity index is 1.65. The van der Waals surface area contributed by atoms with Gasteiger partial charge >= 0.3 is 0 Å². The lowest BCUT2D eigenvalue weighted by Gasteiger charge is -2.04. The van der Waals surface area contributed by atoms with E-state index in [2.05, 4.69) is 15.1 Å². The van der Waals surface area contributed by atoms with Gasteiger partial charge in [0.05, 0.1) is 15.9 Å². The molecular weight excluding hydrogens is 360 g/mol. The van der Waals surface area contributed by atoms with Crippen molar-refractivity contribution in [3.05, 3.63) is 64.7 Å². The lowest BCUT2D eigenvalue weighted by atomic mass is 10.3. The molecule has 1 heterocycles.